The van der Waals surface area contributed by atoms with Crippen molar-refractivity contribution in [1.82, 2.24) is 0 Å². The molecule has 5 nitrogen and oxygen atoms in total. The molecule has 1 aromatic rings. The highest BCUT2D eigenvalue weighted by molar-refractivity contribution is 5.81. The van der Waals surface area contributed by atoms with E-state index in [1.807, 2.05) is 50.3 Å². The number of carbonyl (C=O) groups is 2. The van der Waals surface area contributed by atoms with E-state index >= 15 is 0 Å². The van der Waals surface area contributed by atoms with Gasteiger partial charge in [0.2, 0.25) is 0 Å². The number of carbonyl (C=O) groups excluding carboxylic acids is 2. The molecule has 5 atom stereocenters. The summed E-state index contributed by atoms with van der Waals surface area (Å²) in [5.41, 5.74) is 2.87. The Hall–Kier alpha value is -2.24. The van der Waals surface area contributed by atoms with Crippen LogP contribution in [-0.2, 0) is 9.59 Å². The van der Waals surface area contributed by atoms with E-state index < -0.39 is 12.2 Å². The second-order valence-corrected chi connectivity index (χ2v) is 9.78. The number of rotatable bonds is 16. The van der Waals surface area contributed by atoms with Crippen LogP contribution in [0.5, 0.6) is 0 Å². The molecule has 0 saturated carbocycles. The number of hydrogen-bond donors (Lipinski definition) is 3. The average molecular weight is 472 g/mol. The Kier molecular flexibility index (Phi) is 13.7. The number of aliphatic hydroxyl groups excluding tert-OH is 2. The van der Waals surface area contributed by atoms with Gasteiger partial charge in [0.1, 0.15) is 11.6 Å². The van der Waals surface area contributed by atoms with Crippen molar-refractivity contribution in [1.29, 1.82) is 0 Å². The van der Waals surface area contributed by atoms with Gasteiger partial charge in [-0.05, 0) is 70.1 Å². The van der Waals surface area contributed by atoms with Gasteiger partial charge in [-0.1, -0.05) is 56.7 Å². The van der Waals surface area contributed by atoms with Crippen LogP contribution in [0.4, 0.5) is 5.69 Å². The minimum absolute atomic E-state index is 0.0231. The molecule has 0 heterocycles. The van der Waals surface area contributed by atoms with Crippen LogP contribution in [0, 0.1) is 11.8 Å². The van der Waals surface area contributed by atoms with Crippen LogP contribution < -0.4 is 5.32 Å². The number of para-hydroxylation sites is 1. The highest BCUT2D eigenvalue weighted by Crippen LogP contribution is 2.25. The molecule has 0 amide bonds. The van der Waals surface area contributed by atoms with E-state index in [4.69, 9.17) is 0 Å². The van der Waals surface area contributed by atoms with Crippen LogP contribution in [0.25, 0.3) is 0 Å². The predicted molar refractivity (Wildman–Crippen MR) is 141 cm³/mol. The molecule has 0 aliphatic carbocycles. The van der Waals surface area contributed by atoms with E-state index in [9.17, 15) is 19.8 Å². The third kappa shape index (κ3) is 11.8. The van der Waals surface area contributed by atoms with E-state index in [1.54, 1.807) is 13.0 Å². The summed E-state index contributed by atoms with van der Waals surface area (Å²) in [7, 11) is 0. The highest BCUT2D eigenvalue weighted by Gasteiger charge is 2.25. The van der Waals surface area contributed by atoms with Gasteiger partial charge in [0, 0.05) is 30.5 Å². The van der Waals surface area contributed by atoms with Gasteiger partial charge in [0.25, 0.3) is 0 Å². The second-order valence-electron chi connectivity index (χ2n) is 9.78. The van der Waals surface area contributed by atoms with Gasteiger partial charge in [0.05, 0.1) is 12.2 Å². The van der Waals surface area contributed by atoms with Gasteiger partial charge in [-0.3, -0.25) is 9.59 Å². The van der Waals surface area contributed by atoms with E-state index in [2.05, 4.69) is 19.2 Å². The molecular weight excluding hydrogens is 426 g/mol. The Labute approximate surface area is 206 Å². The Morgan fingerprint density at radius 2 is 1.68 bits per heavy atom. The van der Waals surface area contributed by atoms with Crippen molar-refractivity contribution in [2.24, 2.45) is 11.8 Å². The zero-order valence-electron chi connectivity index (χ0n) is 21.9. The van der Waals surface area contributed by atoms with Crippen LogP contribution in [0.2, 0.25) is 0 Å². The number of Topliss-reactive ketones (excluding diaryl/α,β-unsaturated/α-hetero) is 2. The van der Waals surface area contributed by atoms with E-state index in [0.29, 0.717) is 18.4 Å². The smallest absolute Gasteiger partial charge is 0.138 e. The molecule has 1 rings (SSSR count). The molecule has 0 spiro atoms. The number of ketones is 2. The SMILES string of the molecule is CC/C(C)=C/C(O)CCC(Nc1ccccc1)[C@@H](C)CC(C)C(=O)CC(O)/C(C)=C/CC(C)=O. The molecule has 34 heavy (non-hydrogen) atoms. The molecule has 4 unspecified atom stereocenters. The van der Waals surface area contributed by atoms with Crippen LogP contribution >= 0.6 is 0 Å². The summed E-state index contributed by atoms with van der Waals surface area (Å²) in [6, 6.07) is 10.1. The molecule has 1 aromatic carbocycles. The summed E-state index contributed by atoms with van der Waals surface area (Å²) < 4.78 is 0. The Balaban J connectivity index is 2.79. The number of aliphatic hydroxyl groups is 2. The van der Waals surface area contributed by atoms with Gasteiger partial charge in [-0.15, -0.1) is 0 Å². The summed E-state index contributed by atoms with van der Waals surface area (Å²) in [5.74, 6) is 0.0454. The van der Waals surface area contributed by atoms with Gasteiger partial charge in [-0.2, -0.15) is 0 Å². The maximum absolute atomic E-state index is 12.8. The Morgan fingerprint density at radius 3 is 2.26 bits per heavy atom. The zero-order valence-corrected chi connectivity index (χ0v) is 21.9. The van der Waals surface area contributed by atoms with Crippen molar-refractivity contribution in [3.63, 3.8) is 0 Å². The summed E-state index contributed by atoms with van der Waals surface area (Å²) >= 11 is 0. The van der Waals surface area contributed by atoms with E-state index in [-0.39, 0.29) is 42.3 Å². The van der Waals surface area contributed by atoms with Crippen LogP contribution in [-0.4, -0.2) is 40.0 Å². The fraction of sp³-hybridized carbons (Fsp3) is 0.586. The summed E-state index contributed by atoms with van der Waals surface area (Å²) in [6.45, 7) is 11.4. The number of nitrogens with one attached hydrogen (secondary N) is 1. The van der Waals surface area contributed by atoms with Crippen LogP contribution in [0.15, 0.2) is 53.6 Å². The lowest BCUT2D eigenvalue weighted by Gasteiger charge is -2.29. The topological polar surface area (TPSA) is 86.6 Å². The van der Waals surface area contributed by atoms with Gasteiger partial charge >= 0.3 is 0 Å². The predicted octanol–water partition coefficient (Wildman–Crippen LogP) is 5.87. The number of hydrogen-bond acceptors (Lipinski definition) is 5. The lowest BCUT2D eigenvalue weighted by atomic mass is 9.84. The van der Waals surface area contributed by atoms with E-state index in [0.717, 1.165) is 18.5 Å². The molecule has 190 valence electrons. The first-order valence-electron chi connectivity index (χ1n) is 12.6. The fourth-order valence-electron chi connectivity index (χ4n) is 3.97. The van der Waals surface area contributed by atoms with Crippen molar-refractivity contribution in [3.05, 3.63) is 53.6 Å². The molecule has 0 saturated heterocycles. The molecule has 0 aliphatic heterocycles. The largest absolute Gasteiger partial charge is 0.389 e. The fourth-order valence-corrected chi connectivity index (χ4v) is 3.97. The first kappa shape index (κ1) is 29.8. The Bertz CT molecular complexity index is 815. The third-order valence-corrected chi connectivity index (χ3v) is 6.53. The molecule has 0 radical (unpaired) electrons. The minimum atomic E-state index is -0.855. The van der Waals surface area contributed by atoms with Crippen molar-refractivity contribution in [3.8, 4) is 0 Å². The second kappa shape index (κ2) is 15.6. The molecule has 0 fully saturated rings. The van der Waals surface area contributed by atoms with Gasteiger partial charge < -0.3 is 15.5 Å². The lowest BCUT2D eigenvalue weighted by Crippen LogP contribution is -2.31. The summed E-state index contributed by atoms with van der Waals surface area (Å²) in [6.07, 6.45) is 5.67. The molecule has 0 aromatic heterocycles. The first-order valence-corrected chi connectivity index (χ1v) is 12.6. The standard InChI is InChI=1S/C29H45NO4/c1-7-20(2)17-26(32)15-16-27(30-25-11-9-8-10-12-25)22(4)18-23(5)29(34)19-28(33)21(3)13-14-24(6)31/h8-13,17,22-23,26-28,30,32-33H,7,14-16,18-19H2,1-6H3/b20-17+,21-13+/t22-,23?,26?,27?,28?/m0/s1. The zero-order chi connectivity index (χ0) is 25.7. The molecule has 5 heteroatoms. The number of benzene rings is 1. The monoisotopic (exact) mass is 471 g/mol. The van der Waals surface area contributed by atoms with E-state index in [1.165, 1.54) is 12.5 Å². The highest BCUT2D eigenvalue weighted by atomic mass is 16.3. The average Bonchev–Trinajstić information content (AvgIpc) is 2.80. The molecule has 3 N–H and O–H groups in total. The Morgan fingerprint density at radius 1 is 1.03 bits per heavy atom. The summed E-state index contributed by atoms with van der Waals surface area (Å²) in [4.78, 5) is 24.0. The quantitative estimate of drug-likeness (QED) is 0.262. The molecule has 0 aliphatic rings. The third-order valence-electron chi connectivity index (χ3n) is 6.53. The van der Waals surface area contributed by atoms with Crippen LogP contribution in [0.1, 0.15) is 80.1 Å². The van der Waals surface area contributed by atoms with Crippen molar-refractivity contribution in [2.75, 3.05) is 5.32 Å². The van der Waals surface area contributed by atoms with Crippen molar-refractivity contribution in [2.45, 2.75) is 98.3 Å². The molecular formula is C29H45NO4. The van der Waals surface area contributed by atoms with Crippen molar-refractivity contribution >= 4 is 17.3 Å². The maximum Gasteiger partial charge on any atom is 0.138 e. The minimum Gasteiger partial charge on any atom is -0.389 e. The normalized spacial score (nSPS) is 16.9. The maximum atomic E-state index is 12.8. The number of allylic oxidation sites excluding steroid dienone is 2. The van der Waals surface area contributed by atoms with Gasteiger partial charge in [-0.25, -0.2) is 0 Å². The summed E-state index contributed by atoms with van der Waals surface area (Å²) in [5, 5.41) is 24.4. The first-order chi connectivity index (χ1) is 16.0. The van der Waals surface area contributed by atoms with Crippen LogP contribution in [0.3, 0.4) is 0 Å². The molecule has 0 bridgehead atoms. The lowest BCUT2D eigenvalue weighted by molar-refractivity contribution is -0.124. The van der Waals surface area contributed by atoms with Gasteiger partial charge in [0.15, 0.2) is 0 Å². The number of anilines is 1. The van der Waals surface area contributed by atoms with Crippen molar-refractivity contribution < 1.29 is 19.8 Å².